The molecule has 3 aromatic carbocycles. The van der Waals surface area contributed by atoms with E-state index in [1.165, 1.54) is 16.7 Å². The molecule has 2 aliphatic heterocycles. The van der Waals surface area contributed by atoms with E-state index in [9.17, 15) is 9.59 Å². The largest absolute Gasteiger partial charge is 0.378 e. The first-order chi connectivity index (χ1) is 18.1. The fourth-order valence-electron chi connectivity index (χ4n) is 6.73. The van der Waals surface area contributed by atoms with Gasteiger partial charge >= 0.3 is 0 Å². The number of nitrogens with one attached hydrogen (secondary N) is 2. The van der Waals surface area contributed by atoms with Crippen LogP contribution in [0.25, 0.3) is 0 Å². The Bertz CT molecular complexity index is 1270. The summed E-state index contributed by atoms with van der Waals surface area (Å²) in [7, 11) is 0. The van der Waals surface area contributed by atoms with Gasteiger partial charge in [0.05, 0.1) is 18.0 Å². The lowest BCUT2D eigenvalue weighted by atomic mass is 9.79. The van der Waals surface area contributed by atoms with Gasteiger partial charge in [0.25, 0.3) is 5.91 Å². The number of carbonyl (C=O) groups excluding carboxylic acids is 2. The van der Waals surface area contributed by atoms with Crippen molar-refractivity contribution >= 4 is 17.5 Å². The molecule has 5 heteroatoms. The Morgan fingerprint density at radius 1 is 0.865 bits per heavy atom. The third-order valence-electron chi connectivity index (χ3n) is 8.62. The number of likely N-dealkylation sites (tertiary alicyclic amines) is 1. The normalized spacial score (nSPS) is 26.5. The van der Waals surface area contributed by atoms with Gasteiger partial charge in [-0.1, -0.05) is 79.1 Å². The molecule has 5 nitrogen and oxygen atoms in total. The molecule has 3 aromatic rings. The Morgan fingerprint density at radius 2 is 1.59 bits per heavy atom. The van der Waals surface area contributed by atoms with E-state index in [1.54, 1.807) is 0 Å². The summed E-state index contributed by atoms with van der Waals surface area (Å²) in [5.41, 5.74) is 5.50. The monoisotopic (exact) mass is 493 g/mol. The molecule has 1 aliphatic carbocycles. The number of fused-ring (bicyclic) bond motifs is 3. The lowest BCUT2D eigenvalue weighted by molar-refractivity contribution is -0.138. The molecule has 2 heterocycles. The Labute approximate surface area is 219 Å². The van der Waals surface area contributed by atoms with Crippen LogP contribution < -0.4 is 10.6 Å². The molecule has 2 amide bonds. The third kappa shape index (κ3) is 4.52. The molecule has 0 bridgehead atoms. The summed E-state index contributed by atoms with van der Waals surface area (Å²) in [4.78, 5) is 29.4. The topological polar surface area (TPSA) is 61.4 Å². The van der Waals surface area contributed by atoms with Gasteiger partial charge in [-0.25, -0.2) is 0 Å². The summed E-state index contributed by atoms with van der Waals surface area (Å²) in [5.74, 6) is 0.240. The standard InChI is InChI=1S/C32H35N3O2/c1-21-15-17-22(18-16-21)29-26-19-20-35(30(26)24-11-5-7-13-27(24)33-29)32(37)25-12-6-8-14-28(25)34-31(36)23-9-3-2-4-10-23/h2-5,7,9-11,13,15-18,25-26,28-30,33H,6,8,12,14,19-20H2,1H3,(H,34,36)/t25-,26-,28+,29+,30+/m0/s1. The Balaban J connectivity index is 1.28. The number of rotatable bonds is 4. The second kappa shape index (κ2) is 10.0. The molecule has 37 heavy (non-hydrogen) atoms. The Morgan fingerprint density at radius 3 is 2.41 bits per heavy atom. The summed E-state index contributed by atoms with van der Waals surface area (Å²) < 4.78 is 0. The maximum Gasteiger partial charge on any atom is 0.251 e. The zero-order chi connectivity index (χ0) is 25.4. The fourth-order valence-corrected chi connectivity index (χ4v) is 6.73. The number of hydrogen-bond acceptors (Lipinski definition) is 3. The molecule has 1 saturated heterocycles. The van der Waals surface area contributed by atoms with Crippen molar-refractivity contribution in [2.24, 2.45) is 11.8 Å². The molecule has 2 N–H and O–H groups in total. The van der Waals surface area contributed by atoms with Gasteiger partial charge in [0.1, 0.15) is 0 Å². The van der Waals surface area contributed by atoms with Crippen LogP contribution in [0.15, 0.2) is 78.9 Å². The first-order valence-electron chi connectivity index (χ1n) is 13.7. The van der Waals surface area contributed by atoms with Crippen molar-refractivity contribution in [1.82, 2.24) is 10.2 Å². The Kier molecular flexibility index (Phi) is 6.45. The van der Waals surface area contributed by atoms with Gasteiger partial charge in [-0.15, -0.1) is 0 Å². The van der Waals surface area contributed by atoms with Crippen molar-refractivity contribution in [3.63, 3.8) is 0 Å². The van der Waals surface area contributed by atoms with E-state index in [2.05, 4.69) is 71.0 Å². The van der Waals surface area contributed by atoms with Gasteiger partial charge < -0.3 is 15.5 Å². The zero-order valence-electron chi connectivity index (χ0n) is 21.4. The van der Waals surface area contributed by atoms with Gasteiger partial charge in [-0.3, -0.25) is 9.59 Å². The summed E-state index contributed by atoms with van der Waals surface area (Å²) in [5, 5.41) is 7.02. The predicted molar refractivity (Wildman–Crippen MR) is 146 cm³/mol. The summed E-state index contributed by atoms with van der Waals surface area (Å²) in [6.07, 6.45) is 4.71. The van der Waals surface area contributed by atoms with Crippen LogP contribution in [0.4, 0.5) is 5.69 Å². The van der Waals surface area contributed by atoms with Crippen LogP contribution in [-0.2, 0) is 4.79 Å². The number of benzene rings is 3. The molecule has 0 radical (unpaired) electrons. The highest BCUT2D eigenvalue weighted by molar-refractivity contribution is 5.95. The van der Waals surface area contributed by atoms with E-state index in [0.717, 1.165) is 44.3 Å². The van der Waals surface area contributed by atoms with Crippen LogP contribution in [0.3, 0.4) is 0 Å². The smallest absolute Gasteiger partial charge is 0.251 e. The highest BCUT2D eigenvalue weighted by Crippen LogP contribution is 2.51. The van der Waals surface area contributed by atoms with Gasteiger partial charge in [-0.2, -0.15) is 0 Å². The lowest BCUT2D eigenvalue weighted by Crippen LogP contribution is -2.50. The van der Waals surface area contributed by atoms with Crippen molar-refractivity contribution in [2.45, 2.75) is 57.2 Å². The molecule has 6 rings (SSSR count). The average Bonchev–Trinajstić information content (AvgIpc) is 3.39. The molecule has 0 aromatic heterocycles. The molecule has 190 valence electrons. The number of anilines is 1. The van der Waals surface area contributed by atoms with Gasteiger partial charge in [0.2, 0.25) is 5.91 Å². The lowest BCUT2D eigenvalue weighted by Gasteiger charge is -2.42. The predicted octanol–water partition coefficient (Wildman–Crippen LogP) is 6.04. The van der Waals surface area contributed by atoms with Crippen LogP contribution in [0, 0.1) is 18.8 Å². The molecular weight excluding hydrogens is 458 g/mol. The molecule has 1 saturated carbocycles. The van der Waals surface area contributed by atoms with Crippen molar-refractivity contribution < 1.29 is 9.59 Å². The van der Waals surface area contributed by atoms with Crippen LogP contribution in [0.5, 0.6) is 0 Å². The van der Waals surface area contributed by atoms with Crippen molar-refractivity contribution in [3.8, 4) is 0 Å². The van der Waals surface area contributed by atoms with E-state index in [-0.39, 0.29) is 35.9 Å². The minimum Gasteiger partial charge on any atom is -0.378 e. The van der Waals surface area contributed by atoms with Gasteiger partial charge in [-0.05, 0) is 55.5 Å². The third-order valence-corrected chi connectivity index (χ3v) is 8.62. The summed E-state index contributed by atoms with van der Waals surface area (Å²) in [6, 6.07) is 26.6. The fraction of sp³-hybridized carbons (Fsp3) is 0.375. The molecular formula is C32H35N3O2. The first-order valence-corrected chi connectivity index (χ1v) is 13.7. The minimum atomic E-state index is -0.181. The van der Waals surface area contributed by atoms with E-state index in [4.69, 9.17) is 0 Å². The Hall–Kier alpha value is -3.60. The molecule has 0 unspecified atom stereocenters. The van der Waals surface area contributed by atoms with Crippen LogP contribution in [-0.4, -0.2) is 29.3 Å². The van der Waals surface area contributed by atoms with Crippen LogP contribution in [0.2, 0.25) is 0 Å². The van der Waals surface area contributed by atoms with E-state index < -0.39 is 0 Å². The van der Waals surface area contributed by atoms with Crippen LogP contribution in [0.1, 0.15) is 71.2 Å². The van der Waals surface area contributed by atoms with Gasteiger partial charge in [0, 0.05) is 29.8 Å². The van der Waals surface area contributed by atoms with Crippen molar-refractivity contribution in [1.29, 1.82) is 0 Å². The maximum absolute atomic E-state index is 14.2. The minimum absolute atomic E-state index is 0.0451. The maximum atomic E-state index is 14.2. The average molecular weight is 494 g/mol. The van der Waals surface area contributed by atoms with Gasteiger partial charge in [0.15, 0.2) is 0 Å². The number of nitrogens with zero attached hydrogens (tertiary/aromatic N) is 1. The van der Waals surface area contributed by atoms with E-state index in [0.29, 0.717) is 11.5 Å². The first kappa shape index (κ1) is 23.8. The molecule has 5 atom stereocenters. The number of aryl methyl sites for hydroxylation is 1. The highest BCUT2D eigenvalue weighted by atomic mass is 16.2. The number of amides is 2. The van der Waals surface area contributed by atoms with Crippen molar-refractivity contribution in [2.75, 3.05) is 11.9 Å². The number of hydrogen-bond donors (Lipinski definition) is 2. The quantitative estimate of drug-likeness (QED) is 0.466. The molecule has 3 aliphatic rings. The molecule has 2 fully saturated rings. The van der Waals surface area contributed by atoms with Crippen LogP contribution >= 0.6 is 0 Å². The number of para-hydroxylation sites is 1. The van der Waals surface area contributed by atoms with Crippen molar-refractivity contribution in [3.05, 3.63) is 101 Å². The zero-order valence-corrected chi connectivity index (χ0v) is 21.4. The second-order valence-corrected chi connectivity index (χ2v) is 10.9. The summed E-state index contributed by atoms with van der Waals surface area (Å²) >= 11 is 0. The molecule has 0 spiro atoms. The SMILES string of the molecule is Cc1ccc([C@H]2Nc3ccccc3[C@@H]3[C@H]2CCN3C(=O)[C@H]2CCCC[C@H]2NC(=O)c2ccccc2)cc1. The highest BCUT2D eigenvalue weighted by Gasteiger charge is 2.48. The van der Waals surface area contributed by atoms with E-state index >= 15 is 0 Å². The number of carbonyl (C=O) groups is 2. The van der Waals surface area contributed by atoms with E-state index in [1.807, 2.05) is 30.3 Å². The second-order valence-electron chi connectivity index (χ2n) is 10.9. The summed E-state index contributed by atoms with van der Waals surface area (Å²) in [6.45, 7) is 2.87.